The number of ether oxygens (including phenoxy) is 2. The number of rotatable bonds is 4. The number of benzene rings is 2. The van der Waals surface area contributed by atoms with Gasteiger partial charge >= 0.3 is 0 Å². The Morgan fingerprint density at radius 3 is 2.75 bits per heavy atom. The highest BCUT2D eigenvalue weighted by atomic mass is 16.7. The van der Waals surface area contributed by atoms with Crippen molar-refractivity contribution in [1.82, 2.24) is 5.43 Å². The van der Waals surface area contributed by atoms with Crippen LogP contribution in [0.4, 0.5) is 5.69 Å². The van der Waals surface area contributed by atoms with Gasteiger partial charge in [-0.05, 0) is 24.3 Å². The minimum Gasteiger partial charge on any atom is -0.508 e. The Morgan fingerprint density at radius 1 is 1.29 bits per heavy atom. The maximum atomic E-state index is 11.9. The summed E-state index contributed by atoms with van der Waals surface area (Å²) in [6.45, 7) is -0.0126. The van der Waals surface area contributed by atoms with Crippen LogP contribution in [0.3, 0.4) is 0 Å². The minimum atomic E-state index is -0.583. The summed E-state index contributed by atoms with van der Waals surface area (Å²) in [7, 11) is 0. The summed E-state index contributed by atoms with van der Waals surface area (Å²) in [5, 5.41) is 24.2. The predicted octanol–water partition coefficient (Wildman–Crippen LogP) is 1.79. The fraction of sp³-hybridized carbons (Fsp3) is 0.0667. The van der Waals surface area contributed by atoms with Gasteiger partial charge < -0.3 is 14.6 Å². The number of nitro benzene ring substituents is 1. The van der Waals surface area contributed by atoms with Crippen LogP contribution in [0.25, 0.3) is 0 Å². The first-order valence-electron chi connectivity index (χ1n) is 6.75. The van der Waals surface area contributed by atoms with Crippen molar-refractivity contribution in [3.8, 4) is 17.2 Å². The fourth-order valence-electron chi connectivity index (χ4n) is 2.08. The van der Waals surface area contributed by atoms with Crippen LogP contribution >= 0.6 is 0 Å². The van der Waals surface area contributed by atoms with E-state index in [1.807, 2.05) is 0 Å². The van der Waals surface area contributed by atoms with Gasteiger partial charge in [0, 0.05) is 5.56 Å². The Kier molecular flexibility index (Phi) is 3.98. The van der Waals surface area contributed by atoms with Crippen molar-refractivity contribution in [1.29, 1.82) is 0 Å². The molecule has 0 saturated carbocycles. The number of nitro groups is 1. The Bertz CT molecular complexity index is 849. The summed E-state index contributed by atoms with van der Waals surface area (Å²) < 4.78 is 10.3. The molecule has 0 saturated heterocycles. The number of carbonyl (C=O) groups is 1. The van der Waals surface area contributed by atoms with Gasteiger partial charge in [-0.2, -0.15) is 5.10 Å². The minimum absolute atomic E-state index is 0.0126. The monoisotopic (exact) mass is 329 g/mol. The molecule has 0 unspecified atom stereocenters. The summed E-state index contributed by atoms with van der Waals surface area (Å²) in [4.78, 5) is 22.4. The van der Waals surface area contributed by atoms with Crippen molar-refractivity contribution in [2.45, 2.75) is 0 Å². The normalized spacial score (nSPS) is 12.3. The first-order valence-corrected chi connectivity index (χ1v) is 6.75. The standard InChI is InChI=1S/C15H11N3O6/c19-11-3-1-2-9(4-11)15(20)17-16-7-10-5-13-14(24-8-23-13)6-12(10)18(21)22/h1-7,19H,8H2,(H,17,20)/b16-7+. The summed E-state index contributed by atoms with van der Waals surface area (Å²) in [5.74, 6) is 0.0209. The molecule has 2 aromatic rings. The number of nitrogens with zero attached hydrogens (tertiary/aromatic N) is 2. The van der Waals surface area contributed by atoms with Crippen LogP contribution in [0.2, 0.25) is 0 Å². The van der Waals surface area contributed by atoms with Gasteiger partial charge in [0.1, 0.15) is 5.75 Å². The smallest absolute Gasteiger partial charge is 0.282 e. The number of hydrogen-bond acceptors (Lipinski definition) is 7. The molecule has 9 heteroatoms. The highest BCUT2D eigenvalue weighted by Gasteiger charge is 2.22. The van der Waals surface area contributed by atoms with Crippen LogP contribution in [0.1, 0.15) is 15.9 Å². The molecule has 0 atom stereocenters. The molecule has 9 nitrogen and oxygen atoms in total. The van der Waals surface area contributed by atoms with E-state index in [0.717, 1.165) is 6.21 Å². The van der Waals surface area contributed by atoms with Crippen LogP contribution in [-0.4, -0.2) is 28.9 Å². The van der Waals surface area contributed by atoms with Crippen LogP contribution in [0.5, 0.6) is 17.2 Å². The highest BCUT2D eigenvalue weighted by Crippen LogP contribution is 2.37. The number of phenols is 1. The van der Waals surface area contributed by atoms with E-state index in [1.165, 1.54) is 36.4 Å². The second-order valence-electron chi connectivity index (χ2n) is 4.77. The Balaban J connectivity index is 1.79. The van der Waals surface area contributed by atoms with Crippen LogP contribution in [0, 0.1) is 10.1 Å². The van der Waals surface area contributed by atoms with Gasteiger partial charge in [-0.1, -0.05) is 6.07 Å². The van der Waals surface area contributed by atoms with Crippen molar-refractivity contribution < 1.29 is 24.3 Å². The van der Waals surface area contributed by atoms with Crippen molar-refractivity contribution in [2.24, 2.45) is 5.10 Å². The molecule has 1 amide bonds. The quantitative estimate of drug-likeness (QED) is 0.501. The van der Waals surface area contributed by atoms with E-state index in [1.54, 1.807) is 0 Å². The molecule has 0 radical (unpaired) electrons. The third kappa shape index (κ3) is 3.09. The summed E-state index contributed by atoms with van der Waals surface area (Å²) in [5.41, 5.74) is 2.36. The van der Waals surface area contributed by atoms with Gasteiger partial charge in [0.25, 0.3) is 11.6 Å². The van der Waals surface area contributed by atoms with Crippen LogP contribution in [-0.2, 0) is 0 Å². The fourth-order valence-corrected chi connectivity index (χ4v) is 2.08. The molecular formula is C15H11N3O6. The Labute approximate surface area is 135 Å². The molecule has 2 aromatic carbocycles. The number of carbonyl (C=O) groups excluding carboxylic acids is 1. The Morgan fingerprint density at radius 2 is 2.04 bits per heavy atom. The number of nitrogens with one attached hydrogen (secondary N) is 1. The zero-order valence-corrected chi connectivity index (χ0v) is 12.1. The molecule has 2 N–H and O–H groups in total. The average molecular weight is 329 g/mol. The Hall–Kier alpha value is -3.62. The van der Waals surface area contributed by atoms with Crippen molar-refractivity contribution in [3.63, 3.8) is 0 Å². The first kappa shape index (κ1) is 15.3. The number of hydrazone groups is 1. The zero-order chi connectivity index (χ0) is 17.1. The van der Waals surface area contributed by atoms with Gasteiger partial charge in [-0.25, -0.2) is 5.43 Å². The average Bonchev–Trinajstić information content (AvgIpc) is 3.01. The van der Waals surface area contributed by atoms with Crippen molar-refractivity contribution in [2.75, 3.05) is 6.79 Å². The molecule has 1 aliphatic rings. The summed E-state index contributed by atoms with van der Waals surface area (Å²) >= 11 is 0. The molecule has 0 spiro atoms. The number of fused-ring (bicyclic) bond motifs is 1. The van der Waals surface area contributed by atoms with E-state index in [9.17, 15) is 20.0 Å². The lowest BCUT2D eigenvalue weighted by Crippen LogP contribution is -2.17. The summed E-state index contributed by atoms with van der Waals surface area (Å²) in [6.07, 6.45) is 1.14. The van der Waals surface area contributed by atoms with Gasteiger partial charge in [0.15, 0.2) is 11.5 Å². The maximum absolute atomic E-state index is 11.9. The van der Waals surface area contributed by atoms with E-state index >= 15 is 0 Å². The van der Waals surface area contributed by atoms with Gasteiger partial charge in [0.2, 0.25) is 6.79 Å². The van der Waals surface area contributed by atoms with E-state index < -0.39 is 10.8 Å². The largest absolute Gasteiger partial charge is 0.508 e. The molecular weight excluding hydrogens is 318 g/mol. The number of phenolic OH excluding ortho intramolecular Hbond substituents is 1. The van der Waals surface area contributed by atoms with E-state index in [4.69, 9.17) is 9.47 Å². The number of hydrogen-bond donors (Lipinski definition) is 2. The molecule has 1 heterocycles. The van der Waals surface area contributed by atoms with Gasteiger partial charge in [-0.15, -0.1) is 0 Å². The predicted molar refractivity (Wildman–Crippen MR) is 82.4 cm³/mol. The third-order valence-corrected chi connectivity index (χ3v) is 3.20. The lowest BCUT2D eigenvalue weighted by Gasteiger charge is -2.02. The van der Waals surface area contributed by atoms with Gasteiger partial charge in [0.05, 0.1) is 22.8 Å². The lowest BCUT2D eigenvalue weighted by molar-refractivity contribution is -0.385. The van der Waals surface area contributed by atoms with Crippen molar-refractivity contribution >= 4 is 17.8 Å². The van der Waals surface area contributed by atoms with E-state index in [-0.39, 0.29) is 35.1 Å². The van der Waals surface area contributed by atoms with Crippen LogP contribution in [0.15, 0.2) is 41.5 Å². The van der Waals surface area contributed by atoms with E-state index in [2.05, 4.69) is 10.5 Å². The number of aromatic hydroxyl groups is 1. The molecule has 1 aliphatic heterocycles. The highest BCUT2D eigenvalue weighted by molar-refractivity contribution is 5.95. The second kappa shape index (κ2) is 6.24. The number of amides is 1. The molecule has 24 heavy (non-hydrogen) atoms. The lowest BCUT2D eigenvalue weighted by atomic mass is 10.1. The molecule has 122 valence electrons. The van der Waals surface area contributed by atoms with E-state index in [0.29, 0.717) is 5.75 Å². The van der Waals surface area contributed by atoms with Crippen molar-refractivity contribution in [3.05, 3.63) is 57.6 Å². The first-order chi connectivity index (χ1) is 11.5. The topological polar surface area (TPSA) is 123 Å². The SMILES string of the molecule is O=C(N/N=C/c1cc2c(cc1[N+](=O)[O-])OCO2)c1cccc(O)c1. The molecule has 0 aromatic heterocycles. The molecule has 3 rings (SSSR count). The second-order valence-corrected chi connectivity index (χ2v) is 4.77. The van der Waals surface area contributed by atoms with Crippen LogP contribution < -0.4 is 14.9 Å². The maximum Gasteiger partial charge on any atom is 0.282 e. The third-order valence-electron chi connectivity index (χ3n) is 3.20. The molecule has 0 fully saturated rings. The molecule has 0 aliphatic carbocycles. The molecule has 0 bridgehead atoms. The van der Waals surface area contributed by atoms with Gasteiger partial charge in [-0.3, -0.25) is 14.9 Å². The zero-order valence-electron chi connectivity index (χ0n) is 12.1. The summed E-state index contributed by atoms with van der Waals surface area (Å²) in [6, 6.07) is 8.35.